The van der Waals surface area contributed by atoms with E-state index < -0.39 is 18.1 Å². The Morgan fingerprint density at radius 1 is 0.886 bits per heavy atom. The molecule has 0 radical (unpaired) electrons. The maximum absolute atomic E-state index is 12.6. The average Bonchev–Trinajstić information content (AvgIpc) is 3.60. The summed E-state index contributed by atoms with van der Waals surface area (Å²) in [5.41, 5.74) is 5.14. The first-order valence-corrected chi connectivity index (χ1v) is 11.7. The highest BCUT2D eigenvalue weighted by Gasteiger charge is 2.44. The SMILES string of the molecule is O=C(NC[C@@H]1C[C@@H]1C(=O)N[C@@H](C(=O)O)c1ccccc1)OCC1c2ccccc2-c2ccccc21. The highest BCUT2D eigenvalue weighted by Crippen LogP contribution is 2.44. The maximum Gasteiger partial charge on any atom is 0.407 e. The molecule has 1 fully saturated rings. The molecule has 3 atom stereocenters. The second-order valence-electron chi connectivity index (χ2n) is 9.00. The van der Waals surface area contributed by atoms with Crippen LogP contribution in [0, 0.1) is 11.8 Å². The molecule has 3 aromatic carbocycles. The second-order valence-corrected chi connectivity index (χ2v) is 9.00. The number of nitrogens with one attached hydrogen (secondary N) is 2. The van der Waals surface area contributed by atoms with Crippen molar-refractivity contribution in [2.45, 2.75) is 18.4 Å². The third-order valence-electron chi connectivity index (χ3n) is 6.78. The summed E-state index contributed by atoms with van der Waals surface area (Å²) < 4.78 is 5.54. The molecule has 2 amide bonds. The van der Waals surface area contributed by atoms with Gasteiger partial charge >= 0.3 is 12.1 Å². The smallest absolute Gasteiger partial charge is 0.407 e. The number of hydrogen-bond donors (Lipinski definition) is 3. The Hall–Kier alpha value is -4.13. The molecule has 0 heterocycles. The van der Waals surface area contributed by atoms with E-state index >= 15 is 0 Å². The molecule has 0 bridgehead atoms. The molecule has 2 aliphatic rings. The fourth-order valence-electron chi connectivity index (χ4n) is 4.84. The Labute approximate surface area is 203 Å². The van der Waals surface area contributed by atoms with E-state index in [4.69, 9.17) is 4.74 Å². The number of aliphatic carboxylic acids is 1. The van der Waals surface area contributed by atoms with Crippen molar-refractivity contribution < 1.29 is 24.2 Å². The first kappa shape index (κ1) is 22.7. The molecule has 7 heteroatoms. The summed E-state index contributed by atoms with van der Waals surface area (Å²) in [6.45, 7) is 0.531. The van der Waals surface area contributed by atoms with Crippen LogP contribution in [-0.2, 0) is 14.3 Å². The van der Waals surface area contributed by atoms with Crippen LogP contribution in [0.25, 0.3) is 11.1 Å². The van der Waals surface area contributed by atoms with Crippen LogP contribution in [0.3, 0.4) is 0 Å². The minimum absolute atomic E-state index is 0.0152. The Morgan fingerprint density at radius 3 is 2.11 bits per heavy atom. The summed E-state index contributed by atoms with van der Waals surface area (Å²) in [6, 6.07) is 23.8. The van der Waals surface area contributed by atoms with Crippen molar-refractivity contribution in [1.29, 1.82) is 0 Å². The Balaban J connectivity index is 1.11. The average molecular weight is 471 g/mol. The molecule has 0 unspecified atom stereocenters. The lowest BCUT2D eigenvalue weighted by Crippen LogP contribution is -2.35. The van der Waals surface area contributed by atoms with Gasteiger partial charge in [-0.05, 0) is 40.2 Å². The van der Waals surface area contributed by atoms with Crippen LogP contribution in [0.1, 0.15) is 35.1 Å². The van der Waals surface area contributed by atoms with Crippen LogP contribution in [-0.4, -0.2) is 36.2 Å². The van der Waals surface area contributed by atoms with Crippen LogP contribution in [0.5, 0.6) is 0 Å². The molecular weight excluding hydrogens is 444 g/mol. The van der Waals surface area contributed by atoms with Crippen LogP contribution in [0.15, 0.2) is 78.9 Å². The van der Waals surface area contributed by atoms with E-state index in [1.807, 2.05) is 24.3 Å². The standard InChI is InChI=1S/C28H26N2O5/c31-26(30-25(27(32)33)17-8-2-1-3-9-17)23-14-18(23)15-29-28(34)35-16-24-21-12-6-4-10-19(21)20-11-5-7-13-22(20)24/h1-13,18,23-25H,14-16H2,(H,29,34)(H,30,31)(H,32,33)/t18-,23-,25+/m0/s1. The van der Waals surface area contributed by atoms with E-state index in [0.29, 0.717) is 18.5 Å². The highest BCUT2D eigenvalue weighted by molar-refractivity contribution is 5.87. The zero-order chi connectivity index (χ0) is 24.4. The van der Waals surface area contributed by atoms with Crippen LogP contribution in [0.4, 0.5) is 4.79 Å². The molecular formula is C28H26N2O5. The van der Waals surface area contributed by atoms with E-state index in [1.165, 1.54) is 11.1 Å². The monoisotopic (exact) mass is 470 g/mol. The number of alkyl carbamates (subject to hydrolysis) is 1. The number of amides is 2. The first-order chi connectivity index (χ1) is 17.0. The molecule has 3 N–H and O–H groups in total. The molecule has 1 saturated carbocycles. The number of benzene rings is 3. The molecule has 0 aliphatic heterocycles. The number of carboxylic acids is 1. The molecule has 3 aromatic rings. The van der Waals surface area contributed by atoms with Crippen molar-refractivity contribution in [2.75, 3.05) is 13.2 Å². The van der Waals surface area contributed by atoms with Gasteiger partial charge in [-0.15, -0.1) is 0 Å². The summed E-state index contributed by atoms with van der Waals surface area (Å²) >= 11 is 0. The Bertz CT molecular complexity index is 1210. The number of fused-ring (bicyclic) bond motifs is 3. The Kier molecular flexibility index (Phi) is 6.23. The molecule has 0 aromatic heterocycles. The lowest BCUT2D eigenvalue weighted by molar-refractivity contribution is -0.142. The summed E-state index contributed by atoms with van der Waals surface area (Å²) in [5.74, 6) is -1.81. The van der Waals surface area contributed by atoms with Gasteiger partial charge in [0.15, 0.2) is 6.04 Å². The molecule has 0 saturated heterocycles. The topological polar surface area (TPSA) is 105 Å². The first-order valence-electron chi connectivity index (χ1n) is 11.7. The van der Waals surface area contributed by atoms with Gasteiger partial charge in [-0.25, -0.2) is 9.59 Å². The largest absolute Gasteiger partial charge is 0.479 e. The number of carbonyl (C=O) groups excluding carboxylic acids is 2. The summed E-state index contributed by atoms with van der Waals surface area (Å²) in [5, 5.41) is 14.9. The van der Waals surface area contributed by atoms with Gasteiger partial charge in [0, 0.05) is 18.4 Å². The lowest BCUT2D eigenvalue weighted by atomic mass is 9.98. The zero-order valence-corrected chi connectivity index (χ0v) is 19.0. The van der Waals surface area contributed by atoms with E-state index in [9.17, 15) is 19.5 Å². The normalized spacial score (nSPS) is 18.6. The van der Waals surface area contributed by atoms with Gasteiger partial charge in [-0.1, -0.05) is 78.9 Å². The van der Waals surface area contributed by atoms with Gasteiger partial charge in [-0.2, -0.15) is 0 Å². The van der Waals surface area contributed by atoms with E-state index in [1.54, 1.807) is 30.3 Å². The van der Waals surface area contributed by atoms with Crippen molar-refractivity contribution in [3.63, 3.8) is 0 Å². The number of carbonyl (C=O) groups is 3. The van der Waals surface area contributed by atoms with Crippen molar-refractivity contribution in [1.82, 2.24) is 10.6 Å². The molecule has 0 spiro atoms. The van der Waals surface area contributed by atoms with Crippen LogP contribution >= 0.6 is 0 Å². The fraction of sp³-hybridized carbons (Fsp3) is 0.250. The van der Waals surface area contributed by atoms with Gasteiger partial charge in [-0.3, -0.25) is 4.79 Å². The van der Waals surface area contributed by atoms with Gasteiger partial charge in [0.2, 0.25) is 5.91 Å². The second kappa shape index (κ2) is 9.62. The molecule has 7 nitrogen and oxygen atoms in total. The molecule has 5 rings (SSSR count). The highest BCUT2D eigenvalue weighted by atomic mass is 16.5. The summed E-state index contributed by atoms with van der Waals surface area (Å²) in [6.07, 6.45) is 0.0713. The number of rotatable bonds is 8. The molecule has 35 heavy (non-hydrogen) atoms. The number of ether oxygens (including phenoxy) is 1. The van der Waals surface area contributed by atoms with Crippen LogP contribution in [0.2, 0.25) is 0 Å². The quantitative estimate of drug-likeness (QED) is 0.460. The number of hydrogen-bond acceptors (Lipinski definition) is 4. The van der Waals surface area contributed by atoms with Crippen LogP contribution < -0.4 is 10.6 Å². The Morgan fingerprint density at radius 2 is 1.49 bits per heavy atom. The van der Waals surface area contributed by atoms with Gasteiger partial charge in [0.1, 0.15) is 6.61 Å². The number of carboxylic acid groups (broad SMARTS) is 1. The predicted octanol–water partition coefficient (Wildman–Crippen LogP) is 4.10. The summed E-state index contributed by atoms with van der Waals surface area (Å²) in [7, 11) is 0. The van der Waals surface area contributed by atoms with Gasteiger partial charge < -0.3 is 20.5 Å². The van der Waals surface area contributed by atoms with Crippen molar-refractivity contribution in [2.24, 2.45) is 11.8 Å². The van der Waals surface area contributed by atoms with Crippen molar-refractivity contribution in [3.05, 3.63) is 95.6 Å². The molecule has 178 valence electrons. The third kappa shape index (κ3) is 4.75. The van der Waals surface area contributed by atoms with Crippen molar-refractivity contribution >= 4 is 18.0 Å². The molecule has 2 aliphatic carbocycles. The minimum Gasteiger partial charge on any atom is -0.479 e. The van der Waals surface area contributed by atoms with E-state index in [2.05, 4.69) is 34.9 Å². The maximum atomic E-state index is 12.6. The van der Waals surface area contributed by atoms with Gasteiger partial charge in [0.05, 0.1) is 0 Å². The zero-order valence-electron chi connectivity index (χ0n) is 19.0. The third-order valence-corrected chi connectivity index (χ3v) is 6.78. The minimum atomic E-state index is -1.11. The van der Waals surface area contributed by atoms with E-state index in [0.717, 1.165) is 11.1 Å². The predicted molar refractivity (Wildman–Crippen MR) is 130 cm³/mol. The lowest BCUT2D eigenvalue weighted by Gasteiger charge is -2.15. The summed E-state index contributed by atoms with van der Waals surface area (Å²) in [4.78, 5) is 36.6. The van der Waals surface area contributed by atoms with E-state index in [-0.39, 0.29) is 30.3 Å². The van der Waals surface area contributed by atoms with Crippen molar-refractivity contribution in [3.8, 4) is 11.1 Å². The fourth-order valence-corrected chi connectivity index (χ4v) is 4.84. The van der Waals surface area contributed by atoms with Gasteiger partial charge in [0.25, 0.3) is 0 Å².